The van der Waals surface area contributed by atoms with Gasteiger partial charge in [0.05, 0.1) is 0 Å². The normalized spacial score (nSPS) is 32.7. The molecule has 0 aromatic heterocycles. The molecule has 16 heavy (non-hydrogen) atoms. The number of aliphatic carboxylic acids is 1. The molecule has 1 saturated carbocycles. The molecule has 0 spiro atoms. The minimum atomic E-state index is -0.685. The fraction of sp³-hybridized carbons (Fsp3) is 0.923. The highest BCUT2D eigenvalue weighted by molar-refractivity contribution is 5.73. The number of rotatable bonds is 4. The summed E-state index contributed by atoms with van der Waals surface area (Å²) in [7, 11) is 1.97. The Kier molecular flexibility index (Phi) is 4.78. The van der Waals surface area contributed by atoms with E-state index in [1.807, 2.05) is 14.0 Å². The molecule has 1 rings (SSSR count). The molecule has 3 heteroatoms. The zero-order chi connectivity index (χ0) is 12.3. The SMILES string of the molecule is CCC(C(=O)O)N(C)C1CC(C)CCC1C. The molecular weight excluding hydrogens is 202 g/mol. The quantitative estimate of drug-likeness (QED) is 0.802. The van der Waals surface area contributed by atoms with Crippen molar-refractivity contribution in [3.8, 4) is 0 Å². The van der Waals surface area contributed by atoms with Crippen LogP contribution in [-0.2, 0) is 4.79 Å². The second kappa shape index (κ2) is 5.67. The number of hydrogen-bond acceptors (Lipinski definition) is 2. The number of nitrogens with zero attached hydrogens (tertiary/aromatic N) is 1. The van der Waals surface area contributed by atoms with E-state index in [0.717, 1.165) is 12.3 Å². The van der Waals surface area contributed by atoms with Crippen LogP contribution in [0.25, 0.3) is 0 Å². The molecule has 4 atom stereocenters. The van der Waals surface area contributed by atoms with Crippen LogP contribution in [0.3, 0.4) is 0 Å². The number of carboxylic acid groups (broad SMARTS) is 1. The van der Waals surface area contributed by atoms with Crippen LogP contribution in [-0.4, -0.2) is 35.1 Å². The molecule has 94 valence electrons. The summed E-state index contributed by atoms with van der Waals surface area (Å²) in [6, 6.07) is 0.113. The average molecular weight is 227 g/mol. The van der Waals surface area contributed by atoms with Gasteiger partial charge in [-0.05, 0) is 38.1 Å². The molecule has 0 radical (unpaired) electrons. The van der Waals surface area contributed by atoms with E-state index in [1.54, 1.807) is 0 Å². The van der Waals surface area contributed by atoms with Gasteiger partial charge in [0.2, 0.25) is 0 Å². The van der Waals surface area contributed by atoms with Gasteiger partial charge in [-0.25, -0.2) is 0 Å². The number of likely N-dealkylation sites (N-methyl/N-ethyl adjacent to an activating group) is 1. The summed E-state index contributed by atoms with van der Waals surface area (Å²) in [4.78, 5) is 13.2. The number of carboxylic acids is 1. The van der Waals surface area contributed by atoms with E-state index in [4.69, 9.17) is 0 Å². The lowest BCUT2D eigenvalue weighted by atomic mass is 9.79. The molecule has 4 unspecified atom stereocenters. The lowest BCUT2D eigenvalue weighted by molar-refractivity contribution is -0.144. The summed E-state index contributed by atoms with van der Waals surface area (Å²) in [6.45, 7) is 6.47. The molecule has 1 aliphatic carbocycles. The Balaban J connectivity index is 2.69. The predicted molar refractivity (Wildman–Crippen MR) is 65.4 cm³/mol. The van der Waals surface area contributed by atoms with Gasteiger partial charge in [0.25, 0.3) is 0 Å². The third kappa shape index (κ3) is 2.97. The largest absolute Gasteiger partial charge is 0.480 e. The summed E-state index contributed by atoms with van der Waals surface area (Å²) >= 11 is 0. The van der Waals surface area contributed by atoms with Gasteiger partial charge in [-0.15, -0.1) is 0 Å². The van der Waals surface area contributed by atoms with Gasteiger partial charge in [-0.3, -0.25) is 9.69 Å². The van der Waals surface area contributed by atoms with Gasteiger partial charge in [0.1, 0.15) is 6.04 Å². The molecule has 0 bridgehead atoms. The summed E-state index contributed by atoms with van der Waals surface area (Å²) in [5, 5.41) is 9.18. The molecule has 1 aliphatic rings. The number of carbonyl (C=O) groups is 1. The van der Waals surface area contributed by atoms with Gasteiger partial charge in [-0.2, -0.15) is 0 Å². The second-order valence-electron chi connectivity index (χ2n) is 5.39. The van der Waals surface area contributed by atoms with Crippen molar-refractivity contribution in [2.45, 2.75) is 58.5 Å². The third-order valence-electron chi connectivity index (χ3n) is 4.10. The van der Waals surface area contributed by atoms with Crippen LogP contribution in [0, 0.1) is 11.8 Å². The molecule has 3 nitrogen and oxygen atoms in total. The van der Waals surface area contributed by atoms with Crippen molar-refractivity contribution in [1.82, 2.24) is 4.90 Å². The van der Waals surface area contributed by atoms with E-state index in [0.29, 0.717) is 18.4 Å². The van der Waals surface area contributed by atoms with Crippen molar-refractivity contribution in [3.63, 3.8) is 0 Å². The van der Waals surface area contributed by atoms with Crippen molar-refractivity contribution in [2.24, 2.45) is 11.8 Å². The maximum absolute atomic E-state index is 11.2. The Morgan fingerprint density at radius 3 is 2.56 bits per heavy atom. The molecule has 1 N–H and O–H groups in total. The highest BCUT2D eigenvalue weighted by atomic mass is 16.4. The predicted octanol–water partition coefficient (Wildman–Crippen LogP) is 2.61. The third-order valence-corrected chi connectivity index (χ3v) is 4.10. The van der Waals surface area contributed by atoms with Gasteiger partial charge < -0.3 is 5.11 Å². The van der Waals surface area contributed by atoms with Crippen LogP contribution >= 0.6 is 0 Å². The summed E-state index contributed by atoms with van der Waals surface area (Å²) in [5.74, 6) is 0.667. The zero-order valence-electron chi connectivity index (χ0n) is 10.9. The summed E-state index contributed by atoms with van der Waals surface area (Å²) in [6.07, 6.45) is 4.34. The highest BCUT2D eigenvalue weighted by Crippen LogP contribution is 2.32. The van der Waals surface area contributed by atoms with Gasteiger partial charge in [0, 0.05) is 6.04 Å². The van der Waals surface area contributed by atoms with Crippen molar-refractivity contribution in [2.75, 3.05) is 7.05 Å². The standard InChI is InChI=1S/C13H25NO2/c1-5-11(13(15)16)14(4)12-8-9(2)6-7-10(12)3/h9-12H,5-8H2,1-4H3,(H,15,16). The van der Waals surface area contributed by atoms with Crippen LogP contribution < -0.4 is 0 Å². The Morgan fingerprint density at radius 1 is 1.44 bits per heavy atom. The highest BCUT2D eigenvalue weighted by Gasteiger charge is 2.33. The monoisotopic (exact) mass is 227 g/mol. The van der Waals surface area contributed by atoms with E-state index in [1.165, 1.54) is 12.8 Å². The first kappa shape index (κ1) is 13.5. The minimum Gasteiger partial charge on any atom is -0.480 e. The molecule has 1 fully saturated rings. The first-order chi connectivity index (χ1) is 7.47. The first-order valence-corrected chi connectivity index (χ1v) is 6.42. The number of hydrogen-bond donors (Lipinski definition) is 1. The van der Waals surface area contributed by atoms with Crippen molar-refractivity contribution >= 4 is 5.97 Å². The van der Waals surface area contributed by atoms with Gasteiger partial charge >= 0.3 is 5.97 Å². The van der Waals surface area contributed by atoms with Crippen molar-refractivity contribution < 1.29 is 9.90 Å². The van der Waals surface area contributed by atoms with Crippen molar-refractivity contribution in [1.29, 1.82) is 0 Å². The van der Waals surface area contributed by atoms with Crippen LogP contribution in [0.5, 0.6) is 0 Å². The smallest absolute Gasteiger partial charge is 0.320 e. The fourth-order valence-corrected chi connectivity index (χ4v) is 2.94. The minimum absolute atomic E-state index is 0.322. The lowest BCUT2D eigenvalue weighted by Crippen LogP contribution is -2.49. The van der Waals surface area contributed by atoms with Crippen LogP contribution in [0.4, 0.5) is 0 Å². The van der Waals surface area contributed by atoms with E-state index < -0.39 is 5.97 Å². The van der Waals surface area contributed by atoms with Crippen LogP contribution in [0.1, 0.15) is 46.5 Å². The second-order valence-corrected chi connectivity index (χ2v) is 5.39. The van der Waals surface area contributed by atoms with E-state index >= 15 is 0 Å². The first-order valence-electron chi connectivity index (χ1n) is 6.42. The molecule has 0 heterocycles. The van der Waals surface area contributed by atoms with E-state index in [-0.39, 0.29) is 6.04 Å². The Hall–Kier alpha value is -0.570. The van der Waals surface area contributed by atoms with Crippen molar-refractivity contribution in [3.05, 3.63) is 0 Å². The average Bonchev–Trinajstić information content (AvgIpc) is 2.22. The summed E-state index contributed by atoms with van der Waals surface area (Å²) in [5.41, 5.74) is 0. The van der Waals surface area contributed by atoms with E-state index in [9.17, 15) is 9.90 Å². The topological polar surface area (TPSA) is 40.5 Å². The molecule has 0 amide bonds. The molecule has 0 aliphatic heterocycles. The molecule has 0 saturated heterocycles. The summed E-state index contributed by atoms with van der Waals surface area (Å²) < 4.78 is 0. The maximum Gasteiger partial charge on any atom is 0.320 e. The van der Waals surface area contributed by atoms with Gasteiger partial charge in [-0.1, -0.05) is 27.2 Å². The lowest BCUT2D eigenvalue weighted by Gasteiger charge is -2.41. The van der Waals surface area contributed by atoms with Crippen LogP contribution in [0.15, 0.2) is 0 Å². The maximum atomic E-state index is 11.2. The van der Waals surface area contributed by atoms with E-state index in [2.05, 4.69) is 18.7 Å². The Morgan fingerprint density at radius 2 is 2.06 bits per heavy atom. The zero-order valence-corrected chi connectivity index (χ0v) is 10.9. The Bertz CT molecular complexity index is 242. The Labute approximate surface area is 98.8 Å². The molecule has 0 aromatic rings. The van der Waals surface area contributed by atoms with Gasteiger partial charge in [0.15, 0.2) is 0 Å². The fourth-order valence-electron chi connectivity index (χ4n) is 2.94. The van der Waals surface area contributed by atoms with Crippen LogP contribution in [0.2, 0.25) is 0 Å². The molecule has 0 aromatic carbocycles. The molecular formula is C13H25NO2.